The normalized spacial score (nSPS) is 26.0. The second kappa shape index (κ2) is 5.91. The Kier molecular flexibility index (Phi) is 3.67. The second-order valence-electron chi connectivity index (χ2n) is 7.72. The summed E-state index contributed by atoms with van der Waals surface area (Å²) in [6.45, 7) is 1.87. The Morgan fingerprint density at radius 1 is 1.00 bits per heavy atom. The first-order chi connectivity index (χ1) is 12.3. The summed E-state index contributed by atoms with van der Waals surface area (Å²) in [6, 6.07) is 19.3. The second-order valence-corrected chi connectivity index (χ2v) is 9.18. The molecule has 0 radical (unpaired) electrons. The van der Waals surface area contributed by atoms with E-state index in [0.29, 0.717) is 17.7 Å². The van der Waals surface area contributed by atoms with Crippen molar-refractivity contribution < 1.29 is 4.79 Å². The van der Waals surface area contributed by atoms with E-state index >= 15 is 0 Å². The van der Waals surface area contributed by atoms with Crippen LogP contribution in [0.3, 0.4) is 0 Å². The van der Waals surface area contributed by atoms with Crippen molar-refractivity contribution in [3.05, 3.63) is 65.7 Å². The molecule has 2 aromatic rings. The molecule has 1 aliphatic heterocycles. The van der Waals surface area contributed by atoms with Crippen LogP contribution in [0, 0.1) is 5.92 Å². The molecule has 1 saturated carbocycles. The summed E-state index contributed by atoms with van der Waals surface area (Å²) in [5.41, 5.74) is 2.99. The summed E-state index contributed by atoms with van der Waals surface area (Å²) in [5.74, 6) is 1.58. The van der Waals surface area contributed by atoms with Crippen molar-refractivity contribution >= 4 is 17.7 Å². The third kappa shape index (κ3) is 2.69. The lowest BCUT2D eigenvalue weighted by Crippen LogP contribution is -2.37. The number of likely N-dealkylation sites (tertiary alicyclic amines) is 1. The molecule has 128 valence electrons. The van der Waals surface area contributed by atoms with Gasteiger partial charge in [-0.3, -0.25) is 4.79 Å². The molecule has 3 aliphatic rings. The first-order valence-corrected chi connectivity index (χ1v) is 10.2. The van der Waals surface area contributed by atoms with Gasteiger partial charge in [-0.1, -0.05) is 42.5 Å². The van der Waals surface area contributed by atoms with E-state index in [1.165, 1.54) is 28.9 Å². The van der Waals surface area contributed by atoms with E-state index in [1.807, 2.05) is 6.07 Å². The van der Waals surface area contributed by atoms with E-state index in [0.717, 1.165) is 25.9 Å². The van der Waals surface area contributed by atoms with Crippen molar-refractivity contribution in [2.45, 2.75) is 41.2 Å². The van der Waals surface area contributed by atoms with Gasteiger partial charge in [0.1, 0.15) is 0 Å². The van der Waals surface area contributed by atoms with Crippen molar-refractivity contribution in [2.75, 3.05) is 13.1 Å². The molecule has 0 aromatic heterocycles. The fraction of sp³-hybridized carbons (Fsp3) is 0.409. The number of benzene rings is 2. The summed E-state index contributed by atoms with van der Waals surface area (Å²) < 4.78 is -0.186. The highest BCUT2D eigenvalue weighted by molar-refractivity contribution is 8.01. The maximum Gasteiger partial charge on any atom is 0.239 e. The number of carbonyl (C=O) groups is 1. The van der Waals surface area contributed by atoms with Gasteiger partial charge < -0.3 is 4.90 Å². The molecule has 1 saturated heterocycles. The molecular formula is C22H23NOS. The number of carbonyl (C=O) groups excluding carboxylic acids is 1. The van der Waals surface area contributed by atoms with Gasteiger partial charge in [0.15, 0.2) is 0 Å². The van der Waals surface area contributed by atoms with Crippen molar-refractivity contribution in [2.24, 2.45) is 5.92 Å². The van der Waals surface area contributed by atoms with Gasteiger partial charge in [-0.2, -0.15) is 0 Å². The lowest BCUT2D eigenvalue weighted by Gasteiger charge is -2.26. The number of hydrogen-bond acceptors (Lipinski definition) is 2. The molecular weight excluding hydrogens is 326 g/mol. The highest BCUT2D eigenvalue weighted by atomic mass is 32.2. The Labute approximate surface area is 153 Å². The van der Waals surface area contributed by atoms with E-state index in [-0.39, 0.29) is 4.75 Å². The number of thioether (sulfide) groups is 1. The quantitative estimate of drug-likeness (QED) is 0.813. The van der Waals surface area contributed by atoms with Gasteiger partial charge in [-0.05, 0) is 54.9 Å². The molecule has 2 aliphatic carbocycles. The van der Waals surface area contributed by atoms with Crippen LogP contribution in [0.25, 0.3) is 0 Å². The summed E-state index contributed by atoms with van der Waals surface area (Å²) in [7, 11) is 0. The van der Waals surface area contributed by atoms with Gasteiger partial charge >= 0.3 is 0 Å². The molecule has 1 heterocycles. The fourth-order valence-electron chi connectivity index (χ4n) is 4.62. The number of hydrogen-bond donors (Lipinski definition) is 0. The predicted octanol–water partition coefficient (Wildman–Crippen LogP) is 4.50. The topological polar surface area (TPSA) is 20.3 Å². The number of aryl methyl sites for hydroxylation is 1. The smallest absolute Gasteiger partial charge is 0.239 e. The lowest BCUT2D eigenvalue weighted by molar-refractivity contribution is -0.130. The zero-order chi connectivity index (χ0) is 16.9. The SMILES string of the molecule is O=C(N1CC2CCc3ccccc3C2C1)C1(Sc2ccccc2)CC1. The van der Waals surface area contributed by atoms with Gasteiger partial charge in [0.25, 0.3) is 0 Å². The van der Waals surface area contributed by atoms with E-state index in [4.69, 9.17) is 0 Å². The first kappa shape index (κ1) is 15.5. The first-order valence-electron chi connectivity index (χ1n) is 9.36. The van der Waals surface area contributed by atoms with Gasteiger partial charge in [-0.15, -0.1) is 11.8 Å². The minimum absolute atomic E-state index is 0.186. The largest absolute Gasteiger partial charge is 0.341 e. The molecule has 0 N–H and O–H groups in total. The van der Waals surface area contributed by atoms with E-state index in [2.05, 4.69) is 53.4 Å². The molecule has 2 nitrogen and oxygen atoms in total. The minimum atomic E-state index is -0.186. The van der Waals surface area contributed by atoms with Gasteiger partial charge in [0.2, 0.25) is 5.91 Å². The third-order valence-corrected chi connectivity index (χ3v) is 7.60. The zero-order valence-corrected chi connectivity index (χ0v) is 15.2. The zero-order valence-electron chi connectivity index (χ0n) is 14.4. The Morgan fingerprint density at radius 3 is 2.56 bits per heavy atom. The highest BCUT2D eigenvalue weighted by Gasteiger charge is 2.54. The maximum absolute atomic E-state index is 13.3. The van der Waals surface area contributed by atoms with Gasteiger partial charge in [0.05, 0.1) is 4.75 Å². The Balaban J connectivity index is 1.35. The van der Waals surface area contributed by atoms with Crippen LogP contribution < -0.4 is 0 Å². The Bertz CT molecular complexity index is 799. The number of amides is 1. The summed E-state index contributed by atoms with van der Waals surface area (Å²) in [4.78, 5) is 16.7. The molecule has 2 atom stereocenters. The van der Waals surface area contributed by atoms with Gasteiger partial charge in [0, 0.05) is 23.9 Å². The molecule has 0 bridgehead atoms. The van der Waals surface area contributed by atoms with Crippen molar-refractivity contribution in [1.29, 1.82) is 0 Å². The summed E-state index contributed by atoms with van der Waals surface area (Å²) in [5, 5.41) is 0. The van der Waals surface area contributed by atoms with Crippen LogP contribution in [0.4, 0.5) is 0 Å². The molecule has 1 amide bonds. The van der Waals surface area contributed by atoms with Crippen LogP contribution in [-0.2, 0) is 11.2 Å². The molecule has 0 spiro atoms. The third-order valence-electron chi connectivity index (χ3n) is 6.12. The van der Waals surface area contributed by atoms with E-state index in [1.54, 1.807) is 11.8 Å². The molecule has 2 fully saturated rings. The molecule has 3 heteroatoms. The van der Waals surface area contributed by atoms with Crippen LogP contribution in [0.2, 0.25) is 0 Å². The van der Waals surface area contributed by atoms with Crippen LogP contribution in [0.1, 0.15) is 36.3 Å². The molecule has 5 rings (SSSR count). The van der Waals surface area contributed by atoms with Gasteiger partial charge in [-0.25, -0.2) is 0 Å². The average Bonchev–Trinajstić information content (AvgIpc) is 3.30. The minimum Gasteiger partial charge on any atom is -0.341 e. The molecule has 25 heavy (non-hydrogen) atoms. The van der Waals surface area contributed by atoms with Crippen LogP contribution >= 0.6 is 11.8 Å². The Hall–Kier alpha value is -1.74. The van der Waals surface area contributed by atoms with Crippen molar-refractivity contribution in [1.82, 2.24) is 4.90 Å². The lowest BCUT2D eigenvalue weighted by atomic mass is 9.77. The van der Waals surface area contributed by atoms with Crippen molar-refractivity contribution in [3.63, 3.8) is 0 Å². The van der Waals surface area contributed by atoms with Crippen LogP contribution in [0.5, 0.6) is 0 Å². The van der Waals surface area contributed by atoms with Crippen LogP contribution in [-0.4, -0.2) is 28.6 Å². The average molecular weight is 349 g/mol. The van der Waals surface area contributed by atoms with E-state index in [9.17, 15) is 4.79 Å². The summed E-state index contributed by atoms with van der Waals surface area (Å²) >= 11 is 1.78. The van der Waals surface area contributed by atoms with Crippen molar-refractivity contribution in [3.8, 4) is 0 Å². The van der Waals surface area contributed by atoms with Crippen LogP contribution in [0.15, 0.2) is 59.5 Å². The monoisotopic (exact) mass is 349 g/mol. The predicted molar refractivity (Wildman–Crippen MR) is 102 cm³/mol. The number of fused-ring (bicyclic) bond motifs is 3. The molecule has 2 unspecified atom stereocenters. The fourth-order valence-corrected chi connectivity index (χ4v) is 5.89. The Morgan fingerprint density at radius 2 is 1.76 bits per heavy atom. The standard InChI is InChI=1S/C22H23NOS/c24-21(22(12-13-22)25-18-7-2-1-3-8-18)23-14-17-11-10-16-6-4-5-9-19(16)20(17)15-23/h1-9,17,20H,10-15H2. The maximum atomic E-state index is 13.3. The summed E-state index contributed by atoms with van der Waals surface area (Å²) in [6.07, 6.45) is 4.44. The number of nitrogens with zero attached hydrogens (tertiary/aromatic N) is 1. The highest BCUT2D eigenvalue weighted by Crippen LogP contribution is 2.54. The molecule has 2 aromatic carbocycles. The van der Waals surface area contributed by atoms with E-state index < -0.39 is 0 Å². The number of rotatable bonds is 3.